The lowest BCUT2D eigenvalue weighted by atomic mass is 10.1. The zero-order valence-electron chi connectivity index (χ0n) is 18.2. The number of anilines is 1. The average molecular weight is 453 g/mol. The Hall–Kier alpha value is -4.34. The van der Waals surface area contributed by atoms with E-state index in [-0.39, 0.29) is 18.2 Å². The minimum atomic E-state index is -1.04. The smallest absolute Gasteiger partial charge is 0.393 e. The predicted octanol–water partition coefficient (Wildman–Crippen LogP) is 2.96. The van der Waals surface area contributed by atoms with Gasteiger partial charge in [0.2, 0.25) is 0 Å². The molecule has 3 N–H and O–H groups in total. The van der Waals surface area contributed by atoms with Gasteiger partial charge in [0.25, 0.3) is 0 Å². The van der Waals surface area contributed by atoms with Crippen molar-refractivity contribution in [2.24, 2.45) is 0 Å². The van der Waals surface area contributed by atoms with E-state index >= 15 is 0 Å². The molecule has 172 valence electrons. The van der Waals surface area contributed by atoms with Gasteiger partial charge in [-0.3, -0.25) is 9.59 Å². The van der Waals surface area contributed by atoms with Crippen molar-refractivity contribution >= 4 is 23.5 Å². The lowest BCUT2D eigenvalue weighted by molar-refractivity contribution is -0.137. The Balaban J connectivity index is 1.56. The van der Waals surface area contributed by atoms with Gasteiger partial charge in [-0.05, 0) is 50.2 Å². The molecular weight excluding hydrogens is 430 g/mol. The van der Waals surface area contributed by atoms with Crippen molar-refractivity contribution < 1.29 is 33.4 Å². The number of aromatic nitrogens is 1. The summed E-state index contributed by atoms with van der Waals surface area (Å²) in [6.45, 7) is 3.45. The van der Waals surface area contributed by atoms with Crippen molar-refractivity contribution in [1.29, 1.82) is 0 Å². The molecule has 10 heteroatoms. The number of carbonyl (C=O) groups is 3. The highest BCUT2D eigenvalue weighted by atomic mass is 16.6. The van der Waals surface area contributed by atoms with Crippen LogP contribution in [0.2, 0.25) is 0 Å². The first kappa shape index (κ1) is 23.3. The number of nitrogens with one attached hydrogen (secondary N) is 2. The van der Waals surface area contributed by atoms with Crippen LogP contribution in [-0.2, 0) is 9.59 Å². The molecule has 1 heterocycles. The summed E-state index contributed by atoms with van der Waals surface area (Å²) in [5.41, 5.74) is 0.304. The number of benzene rings is 2. The number of nitrogens with zero attached hydrogens (tertiary/aromatic N) is 1. The third-order valence-corrected chi connectivity index (χ3v) is 4.42. The highest BCUT2D eigenvalue weighted by molar-refractivity contribution is 6.39. The monoisotopic (exact) mass is 453 g/mol. The first-order valence-electron chi connectivity index (χ1n) is 9.87. The average Bonchev–Trinajstić information content (AvgIpc) is 3.27. The zero-order valence-corrected chi connectivity index (χ0v) is 18.2. The van der Waals surface area contributed by atoms with Crippen LogP contribution in [0.25, 0.3) is 11.3 Å². The number of hydrogen-bond donors (Lipinski definition) is 3. The molecule has 0 atom stereocenters. The van der Waals surface area contributed by atoms with E-state index in [4.69, 9.17) is 19.0 Å². The van der Waals surface area contributed by atoms with Gasteiger partial charge in [0.15, 0.2) is 5.76 Å². The topological polar surface area (TPSA) is 140 Å². The maximum Gasteiger partial charge on any atom is 0.393 e. The fourth-order valence-electron chi connectivity index (χ4n) is 2.78. The molecule has 0 spiro atoms. The van der Waals surface area contributed by atoms with Gasteiger partial charge in [0.1, 0.15) is 12.4 Å². The number of amides is 2. The third kappa shape index (κ3) is 6.33. The van der Waals surface area contributed by atoms with Crippen molar-refractivity contribution in [2.75, 3.05) is 19.0 Å². The van der Waals surface area contributed by atoms with Crippen LogP contribution in [0.1, 0.15) is 24.2 Å². The van der Waals surface area contributed by atoms with E-state index in [2.05, 4.69) is 15.6 Å². The second-order valence-corrected chi connectivity index (χ2v) is 7.69. The molecule has 1 aromatic heterocycles. The van der Waals surface area contributed by atoms with Crippen molar-refractivity contribution in [2.45, 2.75) is 19.4 Å². The molecule has 2 amide bonds. The number of aromatic carboxylic acids is 1. The van der Waals surface area contributed by atoms with Crippen LogP contribution in [0, 0.1) is 0 Å². The van der Waals surface area contributed by atoms with Crippen LogP contribution in [0.4, 0.5) is 5.69 Å². The SMILES string of the molecule is COc1ncc(-c2cccc(NC(=O)C(=O)NC(C)(C)COc3ccc(C(=O)O)cc3)c2)o1. The van der Waals surface area contributed by atoms with Crippen molar-refractivity contribution in [3.8, 4) is 23.1 Å². The van der Waals surface area contributed by atoms with Gasteiger partial charge in [-0.2, -0.15) is 4.98 Å². The van der Waals surface area contributed by atoms with Gasteiger partial charge in [0.05, 0.1) is 24.4 Å². The molecule has 0 saturated heterocycles. The number of carbonyl (C=O) groups excluding carboxylic acids is 2. The van der Waals surface area contributed by atoms with Crippen LogP contribution in [-0.4, -0.2) is 47.1 Å². The largest absolute Gasteiger partial charge is 0.491 e. The summed E-state index contributed by atoms with van der Waals surface area (Å²) in [7, 11) is 1.44. The summed E-state index contributed by atoms with van der Waals surface area (Å²) in [6.07, 6.45) is 1.60. The van der Waals surface area contributed by atoms with Gasteiger partial charge < -0.3 is 29.6 Å². The Kier molecular flexibility index (Phi) is 6.97. The van der Waals surface area contributed by atoms with Crippen LogP contribution in [0.3, 0.4) is 0 Å². The molecule has 0 fully saturated rings. The summed E-state index contributed by atoms with van der Waals surface area (Å²) in [5.74, 6) is -1.83. The van der Waals surface area contributed by atoms with E-state index in [1.165, 1.54) is 37.6 Å². The van der Waals surface area contributed by atoms with Crippen molar-refractivity contribution in [3.63, 3.8) is 0 Å². The van der Waals surface area contributed by atoms with E-state index in [0.717, 1.165) is 0 Å². The summed E-state index contributed by atoms with van der Waals surface area (Å²) in [6, 6.07) is 12.6. The first-order chi connectivity index (χ1) is 15.7. The molecule has 0 saturated carbocycles. The van der Waals surface area contributed by atoms with Gasteiger partial charge in [0, 0.05) is 11.3 Å². The maximum absolute atomic E-state index is 12.4. The lowest BCUT2D eigenvalue weighted by Crippen LogP contribution is -2.51. The van der Waals surface area contributed by atoms with Crippen molar-refractivity contribution in [3.05, 3.63) is 60.3 Å². The molecule has 3 aromatic rings. The van der Waals surface area contributed by atoms with Crippen LogP contribution < -0.4 is 20.1 Å². The van der Waals surface area contributed by atoms with Crippen molar-refractivity contribution in [1.82, 2.24) is 10.3 Å². The second kappa shape index (κ2) is 9.86. The molecule has 0 aliphatic heterocycles. The zero-order chi connectivity index (χ0) is 24.0. The van der Waals surface area contributed by atoms with Gasteiger partial charge in [-0.15, -0.1) is 0 Å². The highest BCUT2D eigenvalue weighted by Gasteiger charge is 2.25. The number of carboxylic acids is 1. The van der Waals surface area contributed by atoms with Crippen LogP contribution in [0.5, 0.6) is 11.8 Å². The second-order valence-electron chi connectivity index (χ2n) is 7.69. The summed E-state index contributed by atoms with van der Waals surface area (Å²) in [5, 5.41) is 14.1. The van der Waals surface area contributed by atoms with E-state index < -0.39 is 23.3 Å². The van der Waals surface area contributed by atoms with E-state index in [0.29, 0.717) is 22.8 Å². The predicted molar refractivity (Wildman–Crippen MR) is 118 cm³/mol. The van der Waals surface area contributed by atoms with Crippen LogP contribution >= 0.6 is 0 Å². The fourth-order valence-corrected chi connectivity index (χ4v) is 2.78. The standard InChI is InChI=1S/C23H23N3O7/c1-23(2,13-32-17-9-7-14(8-10-17)21(29)30)26-20(28)19(27)25-16-6-4-5-15(11-16)18-12-24-22(31-3)33-18/h4-12H,13H2,1-3H3,(H,25,27)(H,26,28)(H,29,30). The molecule has 0 bridgehead atoms. The van der Waals surface area contributed by atoms with E-state index in [1.54, 1.807) is 38.1 Å². The molecule has 10 nitrogen and oxygen atoms in total. The number of hydrogen-bond acceptors (Lipinski definition) is 7. The number of ether oxygens (including phenoxy) is 2. The Morgan fingerprint density at radius 2 is 1.82 bits per heavy atom. The summed E-state index contributed by atoms with van der Waals surface area (Å²) >= 11 is 0. The normalized spacial score (nSPS) is 10.9. The van der Waals surface area contributed by atoms with Gasteiger partial charge in [-0.25, -0.2) is 4.79 Å². The Morgan fingerprint density at radius 1 is 1.09 bits per heavy atom. The lowest BCUT2D eigenvalue weighted by Gasteiger charge is -2.26. The van der Waals surface area contributed by atoms with E-state index in [9.17, 15) is 14.4 Å². The van der Waals surface area contributed by atoms with Gasteiger partial charge in [-0.1, -0.05) is 12.1 Å². The number of oxazole rings is 1. The number of carboxylic acid groups (broad SMARTS) is 1. The molecule has 0 aliphatic carbocycles. The first-order valence-corrected chi connectivity index (χ1v) is 9.87. The van der Waals surface area contributed by atoms with Crippen LogP contribution in [0.15, 0.2) is 59.1 Å². The molecular formula is C23H23N3O7. The molecule has 3 rings (SSSR count). The number of methoxy groups -OCH3 is 1. The molecule has 0 radical (unpaired) electrons. The minimum Gasteiger partial charge on any atom is -0.491 e. The highest BCUT2D eigenvalue weighted by Crippen LogP contribution is 2.25. The van der Waals surface area contributed by atoms with E-state index in [1.807, 2.05) is 0 Å². The molecule has 0 aliphatic rings. The summed E-state index contributed by atoms with van der Waals surface area (Å²) in [4.78, 5) is 39.6. The van der Waals surface area contributed by atoms with Gasteiger partial charge >= 0.3 is 23.9 Å². The molecule has 2 aromatic carbocycles. The molecule has 0 unspecified atom stereocenters. The Labute approximate surface area is 189 Å². The summed E-state index contributed by atoms with van der Waals surface area (Å²) < 4.78 is 15.9. The minimum absolute atomic E-state index is 0.0568. The fraction of sp³-hybridized carbons (Fsp3) is 0.217. The Morgan fingerprint density at radius 3 is 2.45 bits per heavy atom. The number of rotatable bonds is 8. The Bertz CT molecular complexity index is 1150. The third-order valence-electron chi connectivity index (χ3n) is 4.42. The maximum atomic E-state index is 12.4. The quantitative estimate of drug-likeness (QED) is 0.442. The molecule has 33 heavy (non-hydrogen) atoms.